The summed E-state index contributed by atoms with van der Waals surface area (Å²) in [5, 5.41) is 13.6. The molecule has 0 aromatic heterocycles. The number of aromatic hydroxyl groups is 1. The summed E-state index contributed by atoms with van der Waals surface area (Å²) in [6.07, 6.45) is -5.53. The molecule has 2 aliphatic rings. The lowest BCUT2D eigenvalue weighted by atomic mass is 9.83. The van der Waals surface area contributed by atoms with Gasteiger partial charge in [0.05, 0.1) is 5.56 Å². The third-order valence-corrected chi connectivity index (χ3v) is 6.34. The molecule has 1 aliphatic heterocycles. The summed E-state index contributed by atoms with van der Waals surface area (Å²) in [5.41, 5.74) is -0.0395. The number of hydrogen-bond acceptors (Lipinski definition) is 12. The van der Waals surface area contributed by atoms with Crippen LogP contribution in [0.3, 0.4) is 0 Å². The van der Waals surface area contributed by atoms with Gasteiger partial charge in [-0.25, -0.2) is 0 Å². The number of phenols is 1. The molecular formula is C28H27NO12. The molecule has 2 aromatic rings. The average molecular weight is 570 g/mol. The predicted octanol–water partition coefficient (Wildman–Crippen LogP) is 1.20. The van der Waals surface area contributed by atoms with Gasteiger partial charge in [0, 0.05) is 44.4 Å². The van der Waals surface area contributed by atoms with Crippen LogP contribution in [-0.4, -0.2) is 77.7 Å². The molecule has 4 rings (SSSR count). The Morgan fingerprint density at radius 1 is 0.829 bits per heavy atom. The fraction of sp³-hybridized carbons (Fsp3) is 0.357. The molecule has 41 heavy (non-hydrogen) atoms. The van der Waals surface area contributed by atoms with Crippen LogP contribution in [-0.2, 0) is 38.1 Å². The van der Waals surface area contributed by atoms with Gasteiger partial charge in [-0.15, -0.1) is 0 Å². The lowest BCUT2D eigenvalue weighted by molar-refractivity contribution is -0.257. The second kappa shape index (κ2) is 11.8. The summed E-state index contributed by atoms with van der Waals surface area (Å²) in [7, 11) is 0. The number of carbonyl (C=O) groups is 6. The minimum atomic E-state index is -1.54. The van der Waals surface area contributed by atoms with E-state index in [0.29, 0.717) is 0 Å². The number of carbonyl (C=O) groups excluding carboxylic acids is 6. The van der Waals surface area contributed by atoms with Crippen molar-refractivity contribution in [2.45, 2.75) is 58.3 Å². The van der Waals surface area contributed by atoms with E-state index in [9.17, 15) is 33.9 Å². The second-order valence-corrected chi connectivity index (χ2v) is 9.38. The number of rotatable bonds is 7. The molecule has 1 aliphatic carbocycles. The van der Waals surface area contributed by atoms with E-state index in [1.54, 1.807) is 12.1 Å². The first-order chi connectivity index (χ1) is 19.4. The van der Waals surface area contributed by atoms with E-state index >= 15 is 0 Å². The Kier molecular flexibility index (Phi) is 8.38. The van der Waals surface area contributed by atoms with Crippen LogP contribution in [0, 0.1) is 0 Å². The maximum Gasteiger partial charge on any atom is 0.303 e. The zero-order valence-electron chi connectivity index (χ0n) is 22.5. The fourth-order valence-corrected chi connectivity index (χ4v) is 4.76. The highest BCUT2D eigenvalue weighted by molar-refractivity contribution is 6.29. The first kappa shape index (κ1) is 29.2. The molecular weight excluding hydrogens is 542 g/mol. The third kappa shape index (κ3) is 6.04. The van der Waals surface area contributed by atoms with Crippen LogP contribution in [0.25, 0.3) is 0 Å². The molecule has 13 nitrogen and oxygen atoms in total. The van der Waals surface area contributed by atoms with E-state index in [2.05, 4.69) is 5.32 Å². The normalized spacial score (nSPS) is 23.0. The first-order valence-electron chi connectivity index (χ1n) is 12.5. The number of ether oxygens (including phenoxy) is 5. The summed E-state index contributed by atoms with van der Waals surface area (Å²) in [6.45, 7) is 4.05. The Morgan fingerprint density at radius 2 is 1.44 bits per heavy atom. The minimum Gasteiger partial charge on any atom is -0.504 e. The molecule has 216 valence electrons. The van der Waals surface area contributed by atoms with Gasteiger partial charge in [-0.05, 0) is 12.1 Å². The van der Waals surface area contributed by atoms with Gasteiger partial charge in [0.1, 0.15) is 18.8 Å². The molecule has 2 N–H and O–H groups in total. The Bertz CT molecular complexity index is 1430. The Labute approximate surface area is 233 Å². The number of fused-ring (bicyclic) bond motifs is 2. The van der Waals surface area contributed by atoms with Crippen molar-refractivity contribution in [1.82, 2.24) is 5.32 Å². The molecule has 0 spiro atoms. The van der Waals surface area contributed by atoms with E-state index in [1.807, 2.05) is 0 Å². The quantitative estimate of drug-likeness (QED) is 0.307. The average Bonchev–Trinajstić information content (AvgIpc) is 2.89. The van der Waals surface area contributed by atoms with E-state index in [1.165, 1.54) is 31.2 Å². The summed E-state index contributed by atoms with van der Waals surface area (Å²) in [6, 6.07) is 7.39. The van der Waals surface area contributed by atoms with E-state index in [0.717, 1.165) is 20.8 Å². The van der Waals surface area contributed by atoms with Gasteiger partial charge in [-0.1, -0.05) is 24.3 Å². The van der Waals surface area contributed by atoms with Gasteiger partial charge in [0.25, 0.3) is 0 Å². The number of ketones is 2. The summed E-state index contributed by atoms with van der Waals surface area (Å²) in [4.78, 5) is 73.9. The zero-order valence-corrected chi connectivity index (χ0v) is 22.5. The number of hydrogen-bond donors (Lipinski definition) is 2. The standard InChI is InChI=1S/C28H27NO12/c1-12(30)29-22-27(39-15(4)33)26(38-14(3)32)20(11-37-13(2)31)41-28(22)40-19-10-9-18-21(25(19)36)24(35)17-8-6-5-7-16(17)23(18)34/h5-10,20,22,26-28,36H,11H2,1-4H3,(H,29,30). The SMILES string of the molecule is CC(=O)NC1C(Oc2ccc3c(c2O)C(=O)c2ccccc2C3=O)OC(COC(C)=O)C(OC(C)=O)C1OC(C)=O. The molecule has 0 saturated carbocycles. The highest BCUT2D eigenvalue weighted by atomic mass is 16.7. The molecule has 1 heterocycles. The van der Waals surface area contributed by atoms with Crippen LogP contribution in [0.15, 0.2) is 36.4 Å². The molecule has 1 fully saturated rings. The number of phenolic OH excluding ortho intramolecular Hbond substituents is 1. The van der Waals surface area contributed by atoms with Gasteiger partial charge < -0.3 is 34.1 Å². The van der Waals surface area contributed by atoms with Gasteiger partial charge >= 0.3 is 17.9 Å². The Morgan fingerprint density at radius 3 is 2.02 bits per heavy atom. The topological polar surface area (TPSA) is 181 Å². The molecule has 5 atom stereocenters. The van der Waals surface area contributed by atoms with Crippen LogP contribution in [0.5, 0.6) is 11.5 Å². The van der Waals surface area contributed by atoms with Crippen molar-refractivity contribution in [1.29, 1.82) is 0 Å². The number of amides is 1. The van der Waals surface area contributed by atoms with E-state index in [-0.39, 0.29) is 28.0 Å². The van der Waals surface area contributed by atoms with Crippen molar-refractivity contribution in [2.24, 2.45) is 0 Å². The number of esters is 3. The van der Waals surface area contributed by atoms with Crippen molar-refractivity contribution in [3.8, 4) is 11.5 Å². The van der Waals surface area contributed by atoms with Gasteiger partial charge in [-0.3, -0.25) is 28.8 Å². The summed E-state index contributed by atoms with van der Waals surface area (Å²) < 4.78 is 27.7. The molecule has 2 aromatic carbocycles. The maximum atomic E-state index is 13.2. The molecule has 1 amide bonds. The van der Waals surface area contributed by atoms with Gasteiger partial charge in [0.15, 0.2) is 35.3 Å². The third-order valence-electron chi connectivity index (χ3n) is 6.34. The van der Waals surface area contributed by atoms with Crippen molar-refractivity contribution < 1.29 is 57.6 Å². The summed E-state index contributed by atoms with van der Waals surface area (Å²) in [5.74, 6) is -4.90. The van der Waals surface area contributed by atoms with Gasteiger partial charge in [0.2, 0.25) is 12.2 Å². The van der Waals surface area contributed by atoms with Gasteiger partial charge in [-0.2, -0.15) is 0 Å². The smallest absolute Gasteiger partial charge is 0.303 e. The molecule has 5 unspecified atom stereocenters. The van der Waals surface area contributed by atoms with Crippen molar-refractivity contribution in [2.75, 3.05) is 6.61 Å². The lowest BCUT2D eigenvalue weighted by Crippen LogP contribution is -2.67. The predicted molar refractivity (Wildman–Crippen MR) is 136 cm³/mol. The second-order valence-electron chi connectivity index (χ2n) is 9.38. The first-order valence-corrected chi connectivity index (χ1v) is 12.5. The van der Waals surface area contributed by atoms with Crippen molar-refractivity contribution in [3.63, 3.8) is 0 Å². The molecule has 0 radical (unpaired) electrons. The van der Waals surface area contributed by atoms with Crippen molar-refractivity contribution >= 4 is 35.4 Å². The molecule has 1 saturated heterocycles. The van der Waals surface area contributed by atoms with Crippen LogP contribution in [0.2, 0.25) is 0 Å². The highest BCUT2D eigenvalue weighted by Gasteiger charge is 2.52. The van der Waals surface area contributed by atoms with Crippen LogP contribution >= 0.6 is 0 Å². The molecule has 0 bridgehead atoms. The highest BCUT2D eigenvalue weighted by Crippen LogP contribution is 2.40. The number of benzene rings is 2. The van der Waals surface area contributed by atoms with Crippen LogP contribution < -0.4 is 10.1 Å². The zero-order chi connectivity index (χ0) is 30.0. The van der Waals surface area contributed by atoms with Crippen LogP contribution in [0.4, 0.5) is 0 Å². The Hall–Kier alpha value is -4.78. The number of nitrogens with one attached hydrogen (secondary N) is 1. The largest absolute Gasteiger partial charge is 0.504 e. The Balaban J connectivity index is 1.76. The summed E-state index contributed by atoms with van der Waals surface area (Å²) >= 11 is 0. The maximum absolute atomic E-state index is 13.2. The van der Waals surface area contributed by atoms with E-state index < -0.39 is 78.4 Å². The lowest BCUT2D eigenvalue weighted by Gasteiger charge is -2.44. The van der Waals surface area contributed by atoms with Crippen molar-refractivity contribution in [3.05, 3.63) is 58.7 Å². The van der Waals surface area contributed by atoms with Crippen LogP contribution in [0.1, 0.15) is 59.5 Å². The molecule has 13 heteroatoms. The monoisotopic (exact) mass is 569 g/mol. The minimum absolute atomic E-state index is 0.0398. The van der Waals surface area contributed by atoms with E-state index in [4.69, 9.17) is 23.7 Å². The fourth-order valence-electron chi connectivity index (χ4n) is 4.76.